The predicted octanol–water partition coefficient (Wildman–Crippen LogP) is 4.83. The maximum Gasteiger partial charge on any atom is 0.254 e. The standard InChI is InChI=1S/C24H25N3O2S/c1-15-10-11-19(13-18(15)4)30-24-20(9-6-12-25-24)23(29)26-14-21(28)27-22-16(2)7-5-8-17(22)3/h5-13H,14H2,1-4H3,(H,26,29)(H,27,28). The molecule has 30 heavy (non-hydrogen) atoms. The molecule has 0 bridgehead atoms. The Bertz CT molecular complexity index is 1080. The molecule has 2 amide bonds. The van der Waals surface area contributed by atoms with Gasteiger partial charge in [-0.3, -0.25) is 9.59 Å². The maximum absolute atomic E-state index is 12.7. The molecule has 3 aromatic rings. The Balaban J connectivity index is 1.67. The number of benzene rings is 2. The average Bonchev–Trinajstić information content (AvgIpc) is 2.72. The van der Waals surface area contributed by atoms with Crippen molar-refractivity contribution in [3.63, 3.8) is 0 Å². The number of nitrogens with one attached hydrogen (secondary N) is 2. The molecule has 6 heteroatoms. The lowest BCUT2D eigenvalue weighted by Crippen LogP contribution is -2.33. The summed E-state index contributed by atoms with van der Waals surface area (Å²) >= 11 is 1.43. The molecule has 0 atom stereocenters. The van der Waals surface area contributed by atoms with E-state index in [4.69, 9.17) is 0 Å². The Morgan fingerprint density at radius 1 is 0.900 bits per heavy atom. The zero-order valence-electron chi connectivity index (χ0n) is 17.6. The smallest absolute Gasteiger partial charge is 0.254 e. The van der Waals surface area contributed by atoms with E-state index in [0.717, 1.165) is 21.7 Å². The van der Waals surface area contributed by atoms with Gasteiger partial charge in [0.2, 0.25) is 5.91 Å². The quantitative estimate of drug-likeness (QED) is 0.600. The number of anilines is 1. The van der Waals surface area contributed by atoms with Gasteiger partial charge in [-0.05, 0) is 74.2 Å². The highest BCUT2D eigenvalue weighted by atomic mass is 32.2. The van der Waals surface area contributed by atoms with Gasteiger partial charge in [-0.15, -0.1) is 0 Å². The Morgan fingerprint density at radius 3 is 2.33 bits per heavy atom. The third kappa shape index (κ3) is 5.27. The van der Waals surface area contributed by atoms with E-state index in [-0.39, 0.29) is 18.4 Å². The molecule has 0 radical (unpaired) electrons. The van der Waals surface area contributed by atoms with Gasteiger partial charge in [0.25, 0.3) is 5.91 Å². The summed E-state index contributed by atoms with van der Waals surface area (Å²) in [6.45, 7) is 7.88. The van der Waals surface area contributed by atoms with Crippen LogP contribution in [0.4, 0.5) is 5.69 Å². The SMILES string of the molecule is Cc1ccc(Sc2ncccc2C(=O)NCC(=O)Nc2c(C)cccc2C)cc1C. The van der Waals surface area contributed by atoms with Gasteiger partial charge < -0.3 is 10.6 Å². The fourth-order valence-corrected chi connectivity index (χ4v) is 3.96. The first-order valence-electron chi connectivity index (χ1n) is 9.69. The van der Waals surface area contributed by atoms with Gasteiger partial charge in [0.1, 0.15) is 5.03 Å². The zero-order valence-corrected chi connectivity index (χ0v) is 18.4. The monoisotopic (exact) mass is 419 g/mol. The van der Waals surface area contributed by atoms with Crippen molar-refractivity contribution in [3.05, 3.63) is 82.5 Å². The van der Waals surface area contributed by atoms with E-state index in [1.807, 2.05) is 38.1 Å². The van der Waals surface area contributed by atoms with Crippen molar-refractivity contribution in [1.29, 1.82) is 0 Å². The summed E-state index contributed by atoms with van der Waals surface area (Å²) in [6, 6.07) is 15.4. The molecule has 0 aliphatic heterocycles. The number of pyridine rings is 1. The summed E-state index contributed by atoms with van der Waals surface area (Å²) in [5.41, 5.74) is 5.59. The van der Waals surface area contributed by atoms with Crippen molar-refractivity contribution in [2.75, 3.05) is 11.9 Å². The molecular weight excluding hydrogens is 394 g/mol. The van der Waals surface area contributed by atoms with Gasteiger partial charge in [0.05, 0.1) is 12.1 Å². The first-order chi connectivity index (χ1) is 14.3. The second-order valence-corrected chi connectivity index (χ2v) is 8.26. The first-order valence-corrected chi connectivity index (χ1v) is 10.5. The molecule has 0 saturated carbocycles. The highest BCUT2D eigenvalue weighted by molar-refractivity contribution is 7.99. The fraction of sp³-hybridized carbons (Fsp3) is 0.208. The molecule has 1 heterocycles. The minimum absolute atomic E-state index is 0.116. The number of aromatic nitrogens is 1. The number of amides is 2. The Hall–Kier alpha value is -3.12. The number of carbonyl (C=O) groups is 2. The normalized spacial score (nSPS) is 10.5. The lowest BCUT2D eigenvalue weighted by atomic mass is 10.1. The minimum Gasteiger partial charge on any atom is -0.343 e. The summed E-state index contributed by atoms with van der Waals surface area (Å²) in [7, 11) is 0. The average molecular weight is 420 g/mol. The van der Waals surface area contributed by atoms with Gasteiger partial charge in [-0.2, -0.15) is 0 Å². The molecule has 5 nitrogen and oxygen atoms in total. The van der Waals surface area contributed by atoms with Crippen LogP contribution in [0.25, 0.3) is 0 Å². The van der Waals surface area contributed by atoms with Crippen molar-refractivity contribution >= 4 is 29.3 Å². The molecular formula is C24H25N3O2S. The Morgan fingerprint density at radius 2 is 1.63 bits per heavy atom. The lowest BCUT2D eigenvalue weighted by molar-refractivity contribution is -0.115. The molecule has 2 N–H and O–H groups in total. The van der Waals surface area contributed by atoms with Crippen molar-refractivity contribution in [3.8, 4) is 0 Å². The van der Waals surface area contributed by atoms with Gasteiger partial charge >= 0.3 is 0 Å². The lowest BCUT2D eigenvalue weighted by Gasteiger charge is -2.13. The van der Waals surface area contributed by atoms with E-state index in [1.165, 1.54) is 22.9 Å². The van der Waals surface area contributed by atoms with Crippen LogP contribution in [-0.2, 0) is 4.79 Å². The van der Waals surface area contributed by atoms with Crippen LogP contribution in [-0.4, -0.2) is 23.3 Å². The molecule has 0 saturated heterocycles. The Labute approximate surface area is 181 Å². The molecule has 0 unspecified atom stereocenters. The minimum atomic E-state index is -0.328. The topological polar surface area (TPSA) is 71.1 Å². The predicted molar refractivity (Wildman–Crippen MR) is 121 cm³/mol. The second kappa shape index (κ2) is 9.59. The molecule has 3 rings (SSSR count). The van der Waals surface area contributed by atoms with Crippen LogP contribution in [0.2, 0.25) is 0 Å². The largest absolute Gasteiger partial charge is 0.343 e. The number of rotatable bonds is 6. The summed E-state index contributed by atoms with van der Waals surface area (Å²) in [5.74, 6) is -0.598. The van der Waals surface area contributed by atoms with E-state index < -0.39 is 0 Å². The molecule has 154 valence electrons. The van der Waals surface area contributed by atoms with E-state index in [0.29, 0.717) is 10.6 Å². The van der Waals surface area contributed by atoms with E-state index in [1.54, 1.807) is 18.3 Å². The van der Waals surface area contributed by atoms with Crippen LogP contribution in [0.15, 0.2) is 64.6 Å². The van der Waals surface area contributed by atoms with Crippen molar-refractivity contribution < 1.29 is 9.59 Å². The van der Waals surface area contributed by atoms with Crippen LogP contribution in [0.5, 0.6) is 0 Å². The maximum atomic E-state index is 12.7. The van der Waals surface area contributed by atoms with Gasteiger partial charge in [0, 0.05) is 16.8 Å². The van der Waals surface area contributed by atoms with E-state index in [2.05, 4.69) is 41.6 Å². The highest BCUT2D eigenvalue weighted by Crippen LogP contribution is 2.30. The van der Waals surface area contributed by atoms with Crippen LogP contribution in [0.3, 0.4) is 0 Å². The number of para-hydroxylation sites is 1. The van der Waals surface area contributed by atoms with Crippen molar-refractivity contribution in [2.24, 2.45) is 0 Å². The van der Waals surface area contributed by atoms with Crippen LogP contribution in [0, 0.1) is 27.7 Å². The zero-order chi connectivity index (χ0) is 21.7. The van der Waals surface area contributed by atoms with Gasteiger partial charge in [0.15, 0.2) is 0 Å². The molecule has 0 aliphatic carbocycles. The van der Waals surface area contributed by atoms with E-state index >= 15 is 0 Å². The van der Waals surface area contributed by atoms with Gasteiger partial charge in [-0.1, -0.05) is 36.0 Å². The molecule has 0 spiro atoms. The van der Waals surface area contributed by atoms with Crippen molar-refractivity contribution in [1.82, 2.24) is 10.3 Å². The molecule has 0 fully saturated rings. The first kappa shape index (κ1) is 21.6. The third-order valence-corrected chi connectivity index (χ3v) is 5.87. The summed E-state index contributed by atoms with van der Waals surface area (Å²) in [6.07, 6.45) is 1.66. The highest BCUT2D eigenvalue weighted by Gasteiger charge is 2.15. The summed E-state index contributed by atoms with van der Waals surface area (Å²) in [4.78, 5) is 30.5. The van der Waals surface area contributed by atoms with Crippen LogP contribution in [0.1, 0.15) is 32.6 Å². The number of hydrogen-bond acceptors (Lipinski definition) is 4. The third-order valence-electron chi connectivity index (χ3n) is 4.86. The van der Waals surface area contributed by atoms with Gasteiger partial charge in [-0.25, -0.2) is 4.98 Å². The summed E-state index contributed by atoms with van der Waals surface area (Å²) in [5, 5.41) is 6.18. The number of carbonyl (C=O) groups excluding carboxylic acids is 2. The van der Waals surface area contributed by atoms with Crippen LogP contribution < -0.4 is 10.6 Å². The Kier molecular flexibility index (Phi) is 6.90. The number of aryl methyl sites for hydroxylation is 4. The van der Waals surface area contributed by atoms with Crippen molar-refractivity contribution in [2.45, 2.75) is 37.6 Å². The summed E-state index contributed by atoms with van der Waals surface area (Å²) < 4.78 is 0. The van der Waals surface area contributed by atoms with Crippen LogP contribution >= 0.6 is 11.8 Å². The second-order valence-electron chi connectivity index (χ2n) is 7.20. The number of nitrogens with zero attached hydrogens (tertiary/aromatic N) is 1. The molecule has 2 aromatic carbocycles. The molecule has 0 aliphatic rings. The fourth-order valence-electron chi connectivity index (χ4n) is 2.99. The van der Waals surface area contributed by atoms with E-state index in [9.17, 15) is 9.59 Å². The number of hydrogen-bond donors (Lipinski definition) is 2. The molecule has 1 aromatic heterocycles.